The Hall–Kier alpha value is -1.30. The van der Waals surface area contributed by atoms with Crippen LogP contribution in [0.4, 0.5) is 4.79 Å². The van der Waals surface area contributed by atoms with E-state index in [1.165, 1.54) is 4.90 Å². The van der Waals surface area contributed by atoms with Crippen molar-refractivity contribution in [3.8, 4) is 0 Å². The quantitative estimate of drug-likeness (QED) is 0.775. The summed E-state index contributed by atoms with van der Waals surface area (Å²) in [5.41, 5.74) is 0. The zero-order valence-corrected chi connectivity index (χ0v) is 10.6. The molecule has 0 aromatic carbocycles. The summed E-state index contributed by atoms with van der Waals surface area (Å²) in [5, 5.41) is 12.0. The average molecular weight is 256 g/mol. The van der Waals surface area contributed by atoms with Crippen LogP contribution in [0.2, 0.25) is 0 Å². The number of carbonyl (C=O) groups excluding carboxylic acids is 1. The summed E-state index contributed by atoms with van der Waals surface area (Å²) >= 11 is 0. The van der Waals surface area contributed by atoms with Crippen molar-refractivity contribution in [3.63, 3.8) is 0 Å². The minimum Gasteiger partial charge on any atom is -0.480 e. The summed E-state index contributed by atoms with van der Waals surface area (Å²) in [5.74, 6) is -0.436. The van der Waals surface area contributed by atoms with Crippen LogP contribution in [-0.4, -0.2) is 53.8 Å². The second-order valence-electron chi connectivity index (χ2n) is 4.96. The third-order valence-electron chi connectivity index (χ3n) is 3.57. The maximum Gasteiger partial charge on any atom is 0.328 e. The number of morpholine rings is 1. The summed E-state index contributed by atoms with van der Waals surface area (Å²) in [6, 6.07) is -0.897. The molecular weight excluding hydrogens is 236 g/mol. The second kappa shape index (κ2) is 5.56. The Morgan fingerprint density at radius 1 is 1.50 bits per heavy atom. The van der Waals surface area contributed by atoms with Crippen molar-refractivity contribution in [1.29, 1.82) is 0 Å². The SMILES string of the molecule is CCCC1CC1NC(=O)N1CCOCC1C(=O)O. The molecule has 2 aliphatic rings. The van der Waals surface area contributed by atoms with Gasteiger partial charge in [-0.2, -0.15) is 0 Å². The van der Waals surface area contributed by atoms with E-state index in [0.717, 1.165) is 19.3 Å². The molecule has 6 nitrogen and oxygen atoms in total. The van der Waals surface area contributed by atoms with Crippen LogP contribution in [0.1, 0.15) is 26.2 Å². The Bertz CT molecular complexity index is 334. The van der Waals surface area contributed by atoms with Gasteiger partial charge in [-0.15, -0.1) is 0 Å². The fourth-order valence-corrected chi connectivity index (χ4v) is 2.41. The molecule has 1 aliphatic carbocycles. The predicted octanol–water partition coefficient (Wildman–Crippen LogP) is 0.670. The van der Waals surface area contributed by atoms with Crippen molar-refractivity contribution >= 4 is 12.0 Å². The lowest BCUT2D eigenvalue weighted by Gasteiger charge is -2.32. The van der Waals surface area contributed by atoms with Gasteiger partial charge in [0.1, 0.15) is 0 Å². The molecule has 1 heterocycles. The molecular formula is C12H20N2O4. The van der Waals surface area contributed by atoms with Gasteiger partial charge in [0.05, 0.1) is 13.2 Å². The van der Waals surface area contributed by atoms with E-state index in [9.17, 15) is 9.59 Å². The van der Waals surface area contributed by atoms with Gasteiger partial charge < -0.3 is 20.1 Å². The van der Waals surface area contributed by atoms with Gasteiger partial charge in [-0.05, 0) is 18.8 Å². The van der Waals surface area contributed by atoms with E-state index in [1.807, 2.05) is 0 Å². The van der Waals surface area contributed by atoms with Gasteiger partial charge in [0.25, 0.3) is 0 Å². The number of carboxylic acid groups (broad SMARTS) is 1. The molecule has 2 amide bonds. The number of nitrogens with zero attached hydrogens (tertiary/aromatic N) is 1. The molecule has 0 aromatic rings. The maximum absolute atomic E-state index is 12.0. The highest BCUT2D eigenvalue weighted by Gasteiger charge is 2.40. The van der Waals surface area contributed by atoms with Crippen molar-refractivity contribution in [2.45, 2.75) is 38.3 Å². The molecule has 1 saturated heterocycles. The Morgan fingerprint density at radius 2 is 2.28 bits per heavy atom. The van der Waals surface area contributed by atoms with Gasteiger partial charge in [-0.25, -0.2) is 9.59 Å². The number of carbonyl (C=O) groups is 2. The lowest BCUT2D eigenvalue weighted by Crippen LogP contribution is -2.56. The lowest BCUT2D eigenvalue weighted by molar-refractivity contribution is -0.147. The van der Waals surface area contributed by atoms with Crippen LogP contribution in [0.3, 0.4) is 0 Å². The number of carboxylic acids is 1. The Balaban J connectivity index is 1.85. The van der Waals surface area contributed by atoms with E-state index in [4.69, 9.17) is 9.84 Å². The van der Waals surface area contributed by atoms with Crippen LogP contribution in [0.25, 0.3) is 0 Å². The monoisotopic (exact) mass is 256 g/mol. The summed E-state index contributed by atoms with van der Waals surface area (Å²) in [6.07, 6.45) is 3.25. The molecule has 0 radical (unpaired) electrons. The molecule has 3 atom stereocenters. The van der Waals surface area contributed by atoms with E-state index in [-0.39, 0.29) is 18.7 Å². The van der Waals surface area contributed by atoms with Crippen molar-refractivity contribution in [3.05, 3.63) is 0 Å². The maximum atomic E-state index is 12.0. The molecule has 2 fully saturated rings. The molecule has 1 aliphatic heterocycles. The van der Waals surface area contributed by atoms with Crippen LogP contribution >= 0.6 is 0 Å². The standard InChI is InChI=1S/C12H20N2O4/c1-2-3-8-6-9(8)13-12(17)14-4-5-18-7-10(14)11(15)16/h8-10H,2-7H2,1H3,(H,13,17)(H,15,16). The molecule has 1 saturated carbocycles. The van der Waals surface area contributed by atoms with Crippen molar-refractivity contribution in [2.75, 3.05) is 19.8 Å². The summed E-state index contributed by atoms with van der Waals surface area (Å²) in [7, 11) is 0. The van der Waals surface area contributed by atoms with Crippen LogP contribution in [0.5, 0.6) is 0 Å². The fraction of sp³-hybridized carbons (Fsp3) is 0.833. The molecule has 102 valence electrons. The summed E-state index contributed by atoms with van der Waals surface area (Å²) in [6.45, 7) is 2.94. The van der Waals surface area contributed by atoms with E-state index in [1.54, 1.807) is 0 Å². The molecule has 0 bridgehead atoms. The van der Waals surface area contributed by atoms with Crippen LogP contribution < -0.4 is 5.32 Å². The lowest BCUT2D eigenvalue weighted by atomic mass is 10.2. The number of aliphatic carboxylic acids is 1. The second-order valence-corrected chi connectivity index (χ2v) is 4.96. The number of ether oxygens (including phenoxy) is 1. The van der Waals surface area contributed by atoms with Gasteiger partial charge in [-0.3, -0.25) is 0 Å². The summed E-state index contributed by atoms with van der Waals surface area (Å²) < 4.78 is 5.10. The highest BCUT2D eigenvalue weighted by molar-refractivity contribution is 5.83. The Morgan fingerprint density at radius 3 is 2.94 bits per heavy atom. The van der Waals surface area contributed by atoms with Gasteiger partial charge in [-0.1, -0.05) is 13.3 Å². The van der Waals surface area contributed by atoms with Gasteiger partial charge in [0.2, 0.25) is 0 Å². The molecule has 2 rings (SSSR count). The fourth-order valence-electron chi connectivity index (χ4n) is 2.41. The number of hydrogen-bond donors (Lipinski definition) is 2. The highest BCUT2D eigenvalue weighted by atomic mass is 16.5. The van der Waals surface area contributed by atoms with Crippen molar-refractivity contribution in [1.82, 2.24) is 10.2 Å². The molecule has 2 N–H and O–H groups in total. The van der Waals surface area contributed by atoms with Crippen molar-refractivity contribution in [2.24, 2.45) is 5.92 Å². The normalized spacial score (nSPS) is 30.9. The molecule has 3 unspecified atom stereocenters. The topological polar surface area (TPSA) is 78.9 Å². The number of hydrogen-bond acceptors (Lipinski definition) is 3. The molecule has 0 aromatic heterocycles. The van der Waals surface area contributed by atoms with Gasteiger partial charge >= 0.3 is 12.0 Å². The largest absolute Gasteiger partial charge is 0.480 e. The van der Waals surface area contributed by atoms with Crippen LogP contribution in [-0.2, 0) is 9.53 Å². The number of urea groups is 1. The zero-order valence-electron chi connectivity index (χ0n) is 10.6. The first-order valence-corrected chi connectivity index (χ1v) is 6.51. The number of rotatable bonds is 4. The zero-order chi connectivity index (χ0) is 13.1. The number of nitrogens with one attached hydrogen (secondary N) is 1. The van der Waals surface area contributed by atoms with E-state index >= 15 is 0 Å². The van der Waals surface area contributed by atoms with Gasteiger partial charge in [0.15, 0.2) is 6.04 Å². The first-order valence-electron chi connectivity index (χ1n) is 6.51. The first kappa shape index (κ1) is 13.1. The Labute approximate surface area is 106 Å². The van der Waals surface area contributed by atoms with Crippen molar-refractivity contribution < 1.29 is 19.4 Å². The molecule has 0 spiro atoms. The van der Waals surface area contributed by atoms with E-state index < -0.39 is 12.0 Å². The minimum atomic E-state index is -1.01. The third kappa shape index (κ3) is 2.93. The van der Waals surface area contributed by atoms with E-state index in [0.29, 0.717) is 19.1 Å². The molecule has 18 heavy (non-hydrogen) atoms. The summed E-state index contributed by atoms with van der Waals surface area (Å²) in [4.78, 5) is 24.4. The van der Waals surface area contributed by atoms with Crippen LogP contribution in [0, 0.1) is 5.92 Å². The predicted molar refractivity (Wildman–Crippen MR) is 64.3 cm³/mol. The van der Waals surface area contributed by atoms with Gasteiger partial charge in [0, 0.05) is 12.6 Å². The minimum absolute atomic E-state index is 0.0752. The average Bonchev–Trinajstić information content (AvgIpc) is 3.07. The first-order chi connectivity index (χ1) is 8.63. The van der Waals surface area contributed by atoms with Crippen LogP contribution in [0.15, 0.2) is 0 Å². The smallest absolute Gasteiger partial charge is 0.328 e. The molecule has 6 heteroatoms. The highest BCUT2D eigenvalue weighted by Crippen LogP contribution is 2.34. The third-order valence-corrected chi connectivity index (χ3v) is 3.57. The number of amides is 2. The Kier molecular flexibility index (Phi) is 4.06. The van der Waals surface area contributed by atoms with E-state index in [2.05, 4.69) is 12.2 Å².